The fraction of sp³-hybridized carbons (Fsp3) is 0.0667. The summed E-state index contributed by atoms with van der Waals surface area (Å²) in [6.45, 7) is 0. The van der Waals surface area contributed by atoms with E-state index in [1.165, 1.54) is 65.5 Å². The van der Waals surface area contributed by atoms with Gasteiger partial charge in [0.05, 0.1) is 5.52 Å². The molecule has 0 N–H and O–H groups in total. The van der Waals surface area contributed by atoms with E-state index < -0.39 is 0 Å². The Kier molecular flexibility index (Phi) is 3.44. The first-order valence-electron chi connectivity index (χ1n) is 11.1. The third-order valence-corrected chi connectivity index (χ3v) is 7.13. The van der Waals surface area contributed by atoms with Gasteiger partial charge in [-0.15, -0.1) is 0 Å². The lowest BCUT2D eigenvalue weighted by Gasteiger charge is -2.06. The Morgan fingerprint density at radius 3 is 2.00 bits per heavy atom. The molecule has 2 heteroatoms. The summed E-state index contributed by atoms with van der Waals surface area (Å²) in [5.74, 6) is 0. The zero-order chi connectivity index (χ0) is 21.4. The number of aryl methyl sites for hydroxylation is 2. The lowest BCUT2D eigenvalue weighted by molar-refractivity contribution is 1.01. The molecule has 0 fully saturated rings. The van der Waals surface area contributed by atoms with Gasteiger partial charge in [0.2, 0.25) is 0 Å². The second kappa shape index (κ2) is 6.24. The second-order valence-corrected chi connectivity index (χ2v) is 8.78. The van der Waals surface area contributed by atoms with Crippen molar-refractivity contribution in [2.45, 2.75) is 0 Å². The van der Waals surface area contributed by atoms with Crippen molar-refractivity contribution >= 4 is 54.4 Å². The minimum Gasteiger partial charge on any atom is -0.344 e. The number of benzene rings is 5. The monoisotopic (exact) mass is 410 g/mol. The number of nitrogens with zero attached hydrogens (tertiary/aromatic N) is 2. The predicted octanol–water partition coefficient (Wildman–Crippen LogP) is 7.80. The Labute approximate surface area is 185 Å². The smallest absolute Gasteiger partial charge is 0.0568 e. The molecule has 32 heavy (non-hydrogen) atoms. The van der Waals surface area contributed by atoms with E-state index in [-0.39, 0.29) is 0 Å². The highest BCUT2D eigenvalue weighted by Crippen LogP contribution is 2.37. The van der Waals surface area contributed by atoms with E-state index >= 15 is 0 Å². The molecule has 7 rings (SSSR count). The highest BCUT2D eigenvalue weighted by atomic mass is 14.9. The van der Waals surface area contributed by atoms with Crippen LogP contribution in [0, 0.1) is 0 Å². The van der Waals surface area contributed by atoms with E-state index in [1.54, 1.807) is 0 Å². The Morgan fingerprint density at radius 2 is 1.09 bits per heavy atom. The molecule has 2 heterocycles. The standard InChI is InChI=1S/C30H22N2/c1-31-27-10-6-5-9-23(27)26-17-20(13-16-28(26)31)21-12-14-24-25-15-11-19-7-3-4-8-22(19)30(25)32(2)29(24)18-21/h3-18H,1-2H3. The van der Waals surface area contributed by atoms with Gasteiger partial charge < -0.3 is 9.13 Å². The SMILES string of the molecule is Cn1c2ccccc2c2cc(-c3ccc4c5ccc6ccccc6c5n(C)c4c3)ccc21. The van der Waals surface area contributed by atoms with Crippen LogP contribution in [0.1, 0.15) is 0 Å². The molecule has 0 radical (unpaired) electrons. The molecule has 2 aromatic heterocycles. The molecule has 152 valence electrons. The van der Waals surface area contributed by atoms with Crippen LogP contribution in [0.5, 0.6) is 0 Å². The number of rotatable bonds is 1. The molecule has 0 bridgehead atoms. The molecule has 0 atom stereocenters. The van der Waals surface area contributed by atoms with Crippen LogP contribution in [0.25, 0.3) is 65.5 Å². The third kappa shape index (κ3) is 2.24. The molecule has 0 saturated carbocycles. The normalized spacial score (nSPS) is 12.1. The van der Waals surface area contributed by atoms with Gasteiger partial charge in [-0.3, -0.25) is 0 Å². The van der Waals surface area contributed by atoms with E-state index in [0.717, 1.165) is 0 Å². The first-order valence-corrected chi connectivity index (χ1v) is 11.1. The summed E-state index contributed by atoms with van der Waals surface area (Å²) in [6, 6.07) is 35.6. The van der Waals surface area contributed by atoms with Crippen molar-refractivity contribution in [3.05, 3.63) is 97.1 Å². The van der Waals surface area contributed by atoms with Crippen molar-refractivity contribution < 1.29 is 0 Å². The van der Waals surface area contributed by atoms with Crippen LogP contribution < -0.4 is 0 Å². The molecule has 7 aromatic rings. The Morgan fingerprint density at radius 1 is 0.438 bits per heavy atom. The largest absolute Gasteiger partial charge is 0.344 e. The van der Waals surface area contributed by atoms with Crippen LogP contribution in [-0.4, -0.2) is 9.13 Å². The van der Waals surface area contributed by atoms with Gasteiger partial charge in [-0.25, -0.2) is 0 Å². The fourth-order valence-corrected chi connectivity index (χ4v) is 5.52. The number of aromatic nitrogens is 2. The summed E-state index contributed by atoms with van der Waals surface area (Å²) in [4.78, 5) is 0. The number of para-hydroxylation sites is 1. The van der Waals surface area contributed by atoms with Gasteiger partial charge >= 0.3 is 0 Å². The molecule has 0 unspecified atom stereocenters. The summed E-state index contributed by atoms with van der Waals surface area (Å²) in [6.07, 6.45) is 0. The van der Waals surface area contributed by atoms with Crippen LogP contribution in [0.15, 0.2) is 97.1 Å². The third-order valence-electron chi connectivity index (χ3n) is 7.13. The van der Waals surface area contributed by atoms with Crippen LogP contribution in [0.2, 0.25) is 0 Å². The first kappa shape index (κ1) is 17.6. The number of fused-ring (bicyclic) bond motifs is 8. The van der Waals surface area contributed by atoms with Crippen molar-refractivity contribution in [2.75, 3.05) is 0 Å². The van der Waals surface area contributed by atoms with E-state index in [0.29, 0.717) is 0 Å². The van der Waals surface area contributed by atoms with Gasteiger partial charge in [0.1, 0.15) is 0 Å². The topological polar surface area (TPSA) is 9.86 Å². The minimum atomic E-state index is 1.25. The maximum absolute atomic E-state index is 2.35. The Balaban J connectivity index is 1.50. The van der Waals surface area contributed by atoms with Gasteiger partial charge in [0.25, 0.3) is 0 Å². The zero-order valence-corrected chi connectivity index (χ0v) is 18.1. The van der Waals surface area contributed by atoms with Gasteiger partial charge in [-0.2, -0.15) is 0 Å². The minimum absolute atomic E-state index is 1.25. The van der Waals surface area contributed by atoms with Crippen molar-refractivity contribution in [3.63, 3.8) is 0 Å². The second-order valence-electron chi connectivity index (χ2n) is 8.78. The summed E-state index contributed by atoms with van der Waals surface area (Å²) in [5.41, 5.74) is 7.63. The maximum atomic E-state index is 2.35. The molecule has 0 saturated heterocycles. The fourth-order valence-electron chi connectivity index (χ4n) is 5.52. The number of hydrogen-bond acceptors (Lipinski definition) is 0. The molecule has 0 aliphatic carbocycles. The van der Waals surface area contributed by atoms with Gasteiger partial charge in [0.15, 0.2) is 0 Å². The van der Waals surface area contributed by atoms with E-state index in [2.05, 4.69) is 120 Å². The summed E-state index contributed by atoms with van der Waals surface area (Å²) < 4.78 is 4.64. The van der Waals surface area contributed by atoms with Crippen LogP contribution in [0.3, 0.4) is 0 Å². The number of hydrogen-bond donors (Lipinski definition) is 0. The highest BCUT2D eigenvalue weighted by molar-refractivity contribution is 6.18. The maximum Gasteiger partial charge on any atom is 0.0568 e. The lowest BCUT2D eigenvalue weighted by atomic mass is 10.0. The Hall–Kier alpha value is -4.04. The lowest BCUT2D eigenvalue weighted by Crippen LogP contribution is -1.89. The summed E-state index contributed by atoms with van der Waals surface area (Å²) in [5, 5.41) is 7.84. The molecular formula is C30H22N2. The van der Waals surface area contributed by atoms with E-state index in [9.17, 15) is 0 Å². The van der Waals surface area contributed by atoms with Crippen molar-refractivity contribution in [1.82, 2.24) is 9.13 Å². The molecule has 0 spiro atoms. The summed E-state index contributed by atoms with van der Waals surface area (Å²) in [7, 11) is 4.34. The first-order chi connectivity index (χ1) is 15.7. The van der Waals surface area contributed by atoms with Crippen LogP contribution in [-0.2, 0) is 14.1 Å². The van der Waals surface area contributed by atoms with Gasteiger partial charge in [0, 0.05) is 57.6 Å². The van der Waals surface area contributed by atoms with Gasteiger partial charge in [-0.05, 0) is 40.8 Å². The zero-order valence-electron chi connectivity index (χ0n) is 18.1. The van der Waals surface area contributed by atoms with Crippen LogP contribution >= 0.6 is 0 Å². The quantitative estimate of drug-likeness (QED) is 0.261. The van der Waals surface area contributed by atoms with Gasteiger partial charge in [-0.1, -0.05) is 72.8 Å². The Bertz CT molecular complexity index is 1850. The van der Waals surface area contributed by atoms with Crippen LogP contribution in [0.4, 0.5) is 0 Å². The molecule has 0 aliphatic rings. The summed E-state index contributed by atoms with van der Waals surface area (Å²) >= 11 is 0. The molecule has 0 aliphatic heterocycles. The van der Waals surface area contributed by atoms with Crippen molar-refractivity contribution in [3.8, 4) is 11.1 Å². The van der Waals surface area contributed by atoms with E-state index in [4.69, 9.17) is 0 Å². The average molecular weight is 411 g/mol. The highest BCUT2D eigenvalue weighted by Gasteiger charge is 2.13. The molecule has 0 amide bonds. The van der Waals surface area contributed by atoms with Crippen molar-refractivity contribution in [2.24, 2.45) is 14.1 Å². The molecule has 5 aromatic carbocycles. The predicted molar refractivity (Wildman–Crippen MR) is 137 cm³/mol. The molecule has 2 nitrogen and oxygen atoms in total. The molecular weight excluding hydrogens is 388 g/mol. The van der Waals surface area contributed by atoms with Crippen molar-refractivity contribution in [1.29, 1.82) is 0 Å². The van der Waals surface area contributed by atoms with E-state index in [1.807, 2.05) is 0 Å². The average Bonchev–Trinajstić information content (AvgIpc) is 3.30.